The van der Waals surface area contributed by atoms with Gasteiger partial charge in [-0.05, 0) is 18.6 Å². The predicted molar refractivity (Wildman–Crippen MR) is 56.8 cm³/mol. The van der Waals surface area contributed by atoms with E-state index in [1.807, 2.05) is 0 Å². The van der Waals surface area contributed by atoms with Crippen LogP contribution in [-0.2, 0) is 15.7 Å². The molecular weight excluding hydrogens is 251 g/mol. The molecule has 0 saturated heterocycles. The number of alkyl halides is 3. The van der Waals surface area contributed by atoms with Gasteiger partial charge in [0.2, 0.25) is 0 Å². The summed E-state index contributed by atoms with van der Waals surface area (Å²) in [7, 11) is 1.23. The Labute approximate surface area is 101 Å². The lowest BCUT2D eigenvalue weighted by atomic mass is 10.2. The van der Waals surface area contributed by atoms with Gasteiger partial charge in [-0.25, -0.2) is 4.79 Å². The number of halogens is 3. The first-order chi connectivity index (χ1) is 8.38. The van der Waals surface area contributed by atoms with E-state index >= 15 is 0 Å². The van der Waals surface area contributed by atoms with Crippen molar-refractivity contribution in [2.24, 2.45) is 0 Å². The van der Waals surface area contributed by atoms with Crippen molar-refractivity contribution >= 4 is 11.8 Å². The molecular formula is C10H12F3N3O2. The van der Waals surface area contributed by atoms with Crippen LogP contribution in [0.4, 0.5) is 19.0 Å². The van der Waals surface area contributed by atoms with E-state index in [-0.39, 0.29) is 5.82 Å². The van der Waals surface area contributed by atoms with Gasteiger partial charge < -0.3 is 10.1 Å². The molecule has 0 aromatic carbocycles. The van der Waals surface area contributed by atoms with E-state index in [0.717, 1.165) is 12.1 Å². The summed E-state index contributed by atoms with van der Waals surface area (Å²) in [6.45, 7) is 1.73. The van der Waals surface area contributed by atoms with Crippen molar-refractivity contribution in [3.8, 4) is 0 Å². The Balaban J connectivity index is 2.77. The minimum absolute atomic E-state index is 0.0836. The second-order valence-electron chi connectivity index (χ2n) is 3.43. The number of hydrogen-bond donors (Lipinski definition) is 1. The molecule has 0 radical (unpaired) electrons. The van der Waals surface area contributed by atoms with Crippen molar-refractivity contribution in [3.63, 3.8) is 0 Å². The van der Waals surface area contributed by atoms with E-state index in [1.54, 1.807) is 6.92 Å². The van der Waals surface area contributed by atoms with Crippen molar-refractivity contribution < 1.29 is 22.7 Å². The molecule has 1 heterocycles. The second-order valence-corrected chi connectivity index (χ2v) is 3.43. The first kappa shape index (κ1) is 14.2. The van der Waals surface area contributed by atoms with Crippen molar-refractivity contribution in [2.75, 3.05) is 12.4 Å². The van der Waals surface area contributed by atoms with Crippen LogP contribution in [0.3, 0.4) is 0 Å². The summed E-state index contributed by atoms with van der Waals surface area (Å²) < 4.78 is 41.2. The Hall–Kier alpha value is -1.86. The zero-order chi connectivity index (χ0) is 13.8. The van der Waals surface area contributed by atoms with Crippen LogP contribution in [0.2, 0.25) is 0 Å². The summed E-state index contributed by atoms with van der Waals surface area (Å²) in [6.07, 6.45) is -4.12. The topological polar surface area (TPSA) is 64.1 Å². The molecule has 0 fully saturated rings. The van der Waals surface area contributed by atoms with Gasteiger partial charge in [0.1, 0.15) is 11.9 Å². The highest BCUT2D eigenvalue weighted by Crippen LogP contribution is 2.27. The molecule has 0 amide bonds. The number of methoxy groups -OCH3 is 1. The van der Waals surface area contributed by atoms with Gasteiger partial charge in [-0.1, -0.05) is 6.92 Å². The van der Waals surface area contributed by atoms with E-state index < -0.39 is 23.9 Å². The third-order valence-electron chi connectivity index (χ3n) is 2.17. The van der Waals surface area contributed by atoms with Crippen LogP contribution >= 0.6 is 0 Å². The molecule has 1 aromatic rings. The van der Waals surface area contributed by atoms with Crippen molar-refractivity contribution in [2.45, 2.75) is 25.6 Å². The van der Waals surface area contributed by atoms with E-state index in [0.29, 0.717) is 6.42 Å². The van der Waals surface area contributed by atoms with Crippen molar-refractivity contribution in [1.82, 2.24) is 10.2 Å². The number of aromatic nitrogens is 2. The maximum absolute atomic E-state index is 12.2. The molecule has 8 heteroatoms. The van der Waals surface area contributed by atoms with Crippen LogP contribution in [-0.4, -0.2) is 29.3 Å². The number of ether oxygens (including phenoxy) is 1. The third-order valence-corrected chi connectivity index (χ3v) is 2.17. The molecule has 18 heavy (non-hydrogen) atoms. The number of nitrogens with zero attached hydrogens (tertiary/aromatic N) is 2. The summed E-state index contributed by atoms with van der Waals surface area (Å²) in [4.78, 5) is 11.3. The molecule has 0 aliphatic heterocycles. The lowest BCUT2D eigenvalue weighted by molar-refractivity contribution is -0.142. The molecule has 1 aromatic heterocycles. The molecule has 0 saturated carbocycles. The zero-order valence-electron chi connectivity index (χ0n) is 9.78. The monoisotopic (exact) mass is 263 g/mol. The van der Waals surface area contributed by atoms with Gasteiger partial charge in [-0.3, -0.25) is 0 Å². The van der Waals surface area contributed by atoms with Gasteiger partial charge in [-0.15, -0.1) is 10.2 Å². The third kappa shape index (κ3) is 3.57. The quantitative estimate of drug-likeness (QED) is 0.840. The summed E-state index contributed by atoms with van der Waals surface area (Å²) in [5.41, 5.74) is -1.08. The highest BCUT2D eigenvalue weighted by atomic mass is 19.4. The number of rotatable bonds is 4. The fraction of sp³-hybridized carbons (Fsp3) is 0.500. The Morgan fingerprint density at radius 1 is 1.44 bits per heavy atom. The fourth-order valence-electron chi connectivity index (χ4n) is 1.21. The Kier molecular flexibility index (Phi) is 4.46. The molecule has 1 atom stereocenters. The number of hydrogen-bond acceptors (Lipinski definition) is 5. The molecule has 1 unspecified atom stereocenters. The van der Waals surface area contributed by atoms with Crippen LogP contribution in [0.25, 0.3) is 0 Å². The smallest absolute Gasteiger partial charge is 0.435 e. The summed E-state index contributed by atoms with van der Waals surface area (Å²) in [5.74, 6) is -0.431. The number of carbonyl (C=O) groups is 1. The highest BCUT2D eigenvalue weighted by Gasteiger charge is 2.33. The van der Waals surface area contributed by atoms with Gasteiger partial charge in [0.15, 0.2) is 5.69 Å². The molecule has 1 rings (SSSR count). The Bertz CT molecular complexity index is 406. The van der Waals surface area contributed by atoms with E-state index in [4.69, 9.17) is 0 Å². The van der Waals surface area contributed by atoms with E-state index in [9.17, 15) is 18.0 Å². The molecule has 0 aliphatic carbocycles. The normalized spacial score (nSPS) is 12.9. The average Bonchev–Trinajstić information content (AvgIpc) is 2.34. The first-order valence-corrected chi connectivity index (χ1v) is 5.13. The first-order valence-electron chi connectivity index (χ1n) is 5.13. The van der Waals surface area contributed by atoms with Gasteiger partial charge in [0.05, 0.1) is 7.11 Å². The highest BCUT2D eigenvalue weighted by molar-refractivity contribution is 5.78. The lowest BCUT2D eigenvalue weighted by Gasteiger charge is -2.14. The lowest BCUT2D eigenvalue weighted by Crippen LogP contribution is -2.30. The standard InChI is InChI=1S/C10H12F3N3O2/c1-3-6(9(17)18-2)14-8-5-4-7(15-16-8)10(11,12)13/h4-6H,3H2,1-2H3,(H,14,16). The fourth-order valence-corrected chi connectivity index (χ4v) is 1.21. The Morgan fingerprint density at radius 3 is 2.50 bits per heavy atom. The maximum Gasteiger partial charge on any atom is 0.435 e. The largest absolute Gasteiger partial charge is 0.467 e. The number of nitrogens with one attached hydrogen (secondary N) is 1. The maximum atomic E-state index is 12.2. The van der Waals surface area contributed by atoms with Gasteiger partial charge >= 0.3 is 12.1 Å². The Morgan fingerprint density at radius 2 is 2.11 bits per heavy atom. The number of anilines is 1. The second kappa shape index (κ2) is 5.65. The minimum Gasteiger partial charge on any atom is -0.467 e. The molecule has 1 N–H and O–H groups in total. The van der Waals surface area contributed by atoms with Crippen LogP contribution in [0.1, 0.15) is 19.0 Å². The number of carbonyl (C=O) groups excluding carboxylic acids is 1. The van der Waals surface area contributed by atoms with Crippen LogP contribution in [0.15, 0.2) is 12.1 Å². The summed E-state index contributed by atoms with van der Waals surface area (Å²) >= 11 is 0. The molecule has 5 nitrogen and oxygen atoms in total. The SMILES string of the molecule is CCC(Nc1ccc(C(F)(F)F)nn1)C(=O)OC. The van der Waals surface area contributed by atoms with Gasteiger partial charge in [0, 0.05) is 0 Å². The van der Waals surface area contributed by atoms with Crippen molar-refractivity contribution in [1.29, 1.82) is 0 Å². The minimum atomic E-state index is -4.53. The molecule has 0 bridgehead atoms. The van der Waals surface area contributed by atoms with Gasteiger partial charge in [-0.2, -0.15) is 13.2 Å². The summed E-state index contributed by atoms with van der Waals surface area (Å²) in [5, 5.41) is 9.04. The van der Waals surface area contributed by atoms with Crippen molar-refractivity contribution in [3.05, 3.63) is 17.8 Å². The molecule has 100 valence electrons. The van der Waals surface area contributed by atoms with E-state index in [2.05, 4.69) is 20.3 Å². The average molecular weight is 263 g/mol. The number of esters is 1. The molecule has 0 aliphatic rings. The van der Waals surface area contributed by atoms with Crippen LogP contribution < -0.4 is 5.32 Å². The van der Waals surface area contributed by atoms with Crippen LogP contribution in [0, 0.1) is 0 Å². The van der Waals surface area contributed by atoms with Crippen LogP contribution in [0.5, 0.6) is 0 Å². The van der Waals surface area contributed by atoms with E-state index in [1.165, 1.54) is 7.11 Å². The zero-order valence-corrected chi connectivity index (χ0v) is 9.78. The van der Waals surface area contributed by atoms with Gasteiger partial charge in [0.25, 0.3) is 0 Å². The summed E-state index contributed by atoms with van der Waals surface area (Å²) in [6, 6.07) is 1.24. The molecule has 0 spiro atoms. The predicted octanol–water partition coefficient (Wildman–Crippen LogP) is 1.86.